The van der Waals surface area contributed by atoms with Crippen molar-refractivity contribution in [3.05, 3.63) is 59.2 Å². The van der Waals surface area contributed by atoms with Crippen molar-refractivity contribution < 1.29 is 18.3 Å². The third kappa shape index (κ3) is 2.77. The van der Waals surface area contributed by atoms with Crippen molar-refractivity contribution in [3.63, 3.8) is 0 Å². The summed E-state index contributed by atoms with van der Waals surface area (Å²) >= 11 is 3.43. The highest BCUT2D eigenvalue weighted by atomic mass is 79.9. The predicted molar refractivity (Wildman–Crippen MR) is 76.7 cm³/mol. The molecule has 0 amide bonds. The maximum Gasteiger partial charge on any atom is 0.130 e. The van der Waals surface area contributed by atoms with Gasteiger partial charge in [0.15, 0.2) is 0 Å². The largest absolute Gasteiger partial charge is 0.496 e. The van der Waals surface area contributed by atoms with E-state index in [0.29, 0.717) is 22.6 Å². The molecule has 0 fully saturated rings. The summed E-state index contributed by atoms with van der Waals surface area (Å²) in [5.74, 6) is -0.109. The summed E-state index contributed by atoms with van der Waals surface area (Å²) in [6.45, 7) is 0. The first kappa shape index (κ1) is 14.8. The molecular weight excluding hydrogens is 330 g/mol. The van der Waals surface area contributed by atoms with E-state index in [1.54, 1.807) is 18.2 Å². The Bertz CT molecular complexity index is 595. The average molecular weight is 343 g/mol. The Labute approximate surface area is 124 Å². The van der Waals surface area contributed by atoms with E-state index in [2.05, 4.69) is 15.9 Å². The molecule has 2 aromatic rings. The van der Waals surface area contributed by atoms with Gasteiger partial charge in [0, 0.05) is 11.6 Å². The molecule has 0 radical (unpaired) electrons. The smallest absolute Gasteiger partial charge is 0.130 e. The molecule has 0 aliphatic heterocycles. The third-order valence-corrected chi connectivity index (χ3v) is 3.91. The van der Waals surface area contributed by atoms with Crippen molar-refractivity contribution in [2.75, 3.05) is 14.2 Å². The van der Waals surface area contributed by atoms with Crippen molar-refractivity contribution >= 4 is 15.9 Å². The molecule has 2 rings (SSSR count). The zero-order chi connectivity index (χ0) is 14.7. The molecule has 0 saturated heterocycles. The summed E-state index contributed by atoms with van der Waals surface area (Å²) in [5, 5.41) is 0. The fourth-order valence-corrected chi connectivity index (χ4v) is 2.81. The number of halogens is 3. The van der Waals surface area contributed by atoms with Gasteiger partial charge in [-0.3, -0.25) is 0 Å². The molecule has 0 saturated carbocycles. The summed E-state index contributed by atoms with van der Waals surface area (Å²) in [7, 11) is 3.05. The number of rotatable bonds is 4. The van der Waals surface area contributed by atoms with Gasteiger partial charge in [0.2, 0.25) is 0 Å². The third-order valence-electron chi connectivity index (χ3n) is 2.95. The molecule has 5 heteroatoms. The van der Waals surface area contributed by atoms with Crippen LogP contribution in [-0.2, 0) is 0 Å². The lowest BCUT2D eigenvalue weighted by Crippen LogP contribution is -2.02. The minimum atomic E-state index is -0.625. The number of hydrogen-bond acceptors (Lipinski definition) is 2. The number of alkyl halides is 1. The van der Waals surface area contributed by atoms with Gasteiger partial charge in [0.1, 0.15) is 23.1 Å². The Balaban J connectivity index is 2.55. The van der Waals surface area contributed by atoms with E-state index >= 15 is 0 Å². The van der Waals surface area contributed by atoms with Crippen LogP contribution >= 0.6 is 15.9 Å². The van der Waals surface area contributed by atoms with Gasteiger partial charge in [-0.15, -0.1) is 0 Å². The maximum atomic E-state index is 13.9. The second-order valence-corrected chi connectivity index (χ2v) is 5.02. The van der Waals surface area contributed by atoms with Gasteiger partial charge >= 0.3 is 0 Å². The molecule has 0 heterocycles. The van der Waals surface area contributed by atoms with Gasteiger partial charge in [0.05, 0.1) is 24.6 Å². The zero-order valence-corrected chi connectivity index (χ0v) is 12.6. The Morgan fingerprint density at radius 2 is 1.60 bits per heavy atom. The van der Waals surface area contributed by atoms with E-state index in [0.717, 1.165) is 6.07 Å². The minimum Gasteiger partial charge on any atom is -0.496 e. The Kier molecular flexibility index (Phi) is 4.60. The van der Waals surface area contributed by atoms with Gasteiger partial charge in [-0.2, -0.15) is 0 Å². The zero-order valence-electron chi connectivity index (χ0n) is 11.0. The van der Waals surface area contributed by atoms with E-state index < -0.39 is 16.5 Å². The van der Waals surface area contributed by atoms with Crippen LogP contribution in [-0.4, -0.2) is 14.2 Å². The lowest BCUT2D eigenvalue weighted by Gasteiger charge is -2.18. The Morgan fingerprint density at radius 3 is 2.10 bits per heavy atom. The highest BCUT2D eigenvalue weighted by Gasteiger charge is 2.22. The van der Waals surface area contributed by atoms with E-state index in [9.17, 15) is 8.78 Å². The highest BCUT2D eigenvalue weighted by molar-refractivity contribution is 9.09. The van der Waals surface area contributed by atoms with Crippen LogP contribution < -0.4 is 9.47 Å². The maximum absolute atomic E-state index is 13.9. The SMILES string of the molecule is COc1cccc(OC)c1C(Br)c1ccc(F)cc1F. The molecule has 106 valence electrons. The second-order valence-electron chi connectivity index (χ2n) is 4.10. The summed E-state index contributed by atoms with van der Waals surface area (Å²) in [6.07, 6.45) is 0. The van der Waals surface area contributed by atoms with Crippen LogP contribution in [0.5, 0.6) is 11.5 Å². The number of benzene rings is 2. The van der Waals surface area contributed by atoms with Crippen molar-refractivity contribution in [2.45, 2.75) is 4.83 Å². The lowest BCUT2D eigenvalue weighted by molar-refractivity contribution is 0.386. The van der Waals surface area contributed by atoms with Gasteiger partial charge in [0.25, 0.3) is 0 Å². The summed E-state index contributed by atoms with van der Waals surface area (Å²) in [4.78, 5) is -0.505. The van der Waals surface area contributed by atoms with E-state index in [1.165, 1.54) is 26.4 Å². The highest BCUT2D eigenvalue weighted by Crippen LogP contribution is 2.42. The van der Waals surface area contributed by atoms with Crippen molar-refractivity contribution in [1.29, 1.82) is 0 Å². The van der Waals surface area contributed by atoms with Crippen molar-refractivity contribution in [2.24, 2.45) is 0 Å². The number of hydrogen-bond donors (Lipinski definition) is 0. The van der Waals surface area contributed by atoms with E-state index in [1.807, 2.05) is 0 Å². The summed E-state index contributed by atoms with van der Waals surface area (Å²) < 4.78 is 37.5. The van der Waals surface area contributed by atoms with Crippen LogP contribution in [0.2, 0.25) is 0 Å². The molecule has 0 aliphatic carbocycles. The van der Waals surface area contributed by atoms with Crippen LogP contribution in [0.15, 0.2) is 36.4 Å². The predicted octanol–water partition coefficient (Wildman–Crippen LogP) is 4.47. The molecule has 0 N–H and O–H groups in total. The molecule has 2 aromatic carbocycles. The van der Waals surface area contributed by atoms with Gasteiger partial charge < -0.3 is 9.47 Å². The van der Waals surface area contributed by atoms with Crippen molar-refractivity contribution in [1.82, 2.24) is 0 Å². The molecule has 20 heavy (non-hydrogen) atoms. The van der Waals surface area contributed by atoms with Gasteiger partial charge in [-0.1, -0.05) is 28.1 Å². The van der Waals surface area contributed by atoms with Gasteiger partial charge in [-0.05, 0) is 18.2 Å². The topological polar surface area (TPSA) is 18.5 Å². The quantitative estimate of drug-likeness (QED) is 0.763. The molecule has 0 bridgehead atoms. The molecule has 0 aliphatic rings. The minimum absolute atomic E-state index is 0.314. The fraction of sp³-hybridized carbons (Fsp3) is 0.200. The van der Waals surface area contributed by atoms with Crippen LogP contribution in [0, 0.1) is 11.6 Å². The first-order valence-electron chi connectivity index (χ1n) is 5.88. The van der Waals surface area contributed by atoms with Crippen LogP contribution in [0.3, 0.4) is 0 Å². The number of methoxy groups -OCH3 is 2. The lowest BCUT2D eigenvalue weighted by atomic mass is 10.0. The van der Waals surface area contributed by atoms with Crippen LogP contribution in [0.4, 0.5) is 8.78 Å². The summed E-state index contributed by atoms with van der Waals surface area (Å²) in [5.41, 5.74) is 0.970. The van der Waals surface area contributed by atoms with Crippen molar-refractivity contribution in [3.8, 4) is 11.5 Å². The van der Waals surface area contributed by atoms with Crippen LogP contribution in [0.25, 0.3) is 0 Å². The first-order chi connectivity index (χ1) is 9.58. The Hall–Kier alpha value is -1.62. The molecular formula is C15H13BrF2O2. The fourth-order valence-electron chi connectivity index (χ4n) is 1.99. The molecule has 2 nitrogen and oxygen atoms in total. The molecule has 0 aromatic heterocycles. The summed E-state index contributed by atoms with van der Waals surface area (Å²) in [6, 6.07) is 8.76. The van der Waals surface area contributed by atoms with Crippen LogP contribution in [0.1, 0.15) is 16.0 Å². The standard InChI is InChI=1S/C15H13BrF2O2/c1-19-12-4-3-5-13(20-2)14(12)15(16)10-7-6-9(17)8-11(10)18/h3-8,15H,1-2H3. The molecule has 0 spiro atoms. The van der Waals surface area contributed by atoms with E-state index in [4.69, 9.17) is 9.47 Å². The van der Waals surface area contributed by atoms with E-state index in [-0.39, 0.29) is 0 Å². The molecule has 1 atom stereocenters. The second kappa shape index (κ2) is 6.22. The molecule has 1 unspecified atom stereocenters. The normalized spacial score (nSPS) is 12.1. The monoisotopic (exact) mass is 342 g/mol. The van der Waals surface area contributed by atoms with Gasteiger partial charge in [-0.25, -0.2) is 8.78 Å². The average Bonchev–Trinajstić information content (AvgIpc) is 2.45. The Morgan fingerprint density at radius 1 is 1.00 bits per heavy atom. The first-order valence-corrected chi connectivity index (χ1v) is 6.80. The number of ether oxygens (including phenoxy) is 2.